The van der Waals surface area contributed by atoms with Crippen LogP contribution in [0.15, 0.2) is 34.9 Å². The highest BCUT2D eigenvalue weighted by atomic mass is 79.9. The summed E-state index contributed by atoms with van der Waals surface area (Å²) in [5.74, 6) is 0.795. The lowest BCUT2D eigenvalue weighted by molar-refractivity contribution is 0.463. The summed E-state index contributed by atoms with van der Waals surface area (Å²) in [5, 5.41) is 0.943. The fraction of sp³-hybridized carbons (Fsp3) is 0. The number of nitrogens with two attached hydrogens (primary N) is 1. The van der Waals surface area contributed by atoms with Crippen molar-refractivity contribution in [1.29, 1.82) is 0 Å². The fourth-order valence-corrected chi connectivity index (χ4v) is 2.01. The van der Waals surface area contributed by atoms with Crippen LogP contribution in [0.3, 0.4) is 0 Å². The molecule has 0 unspecified atom stereocenters. The fourth-order valence-electron chi connectivity index (χ4n) is 1.18. The van der Waals surface area contributed by atoms with E-state index in [1.807, 2.05) is 0 Å². The molecule has 88 valence electrons. The highest BCUT2D eigenvalue weighted by Crippen LogP contribution is 2.36. The largest absolute Gasteiger partial charge is 0.437 e. The Morgan fingerprint density at radius 1 is 1.18 bits per heavy atom. The molecule has 0 aliphatic rings. The zero-order chi connectivity index (χ0) is 12.4. The Bertz CT molecular complexity index is 563. The number of pyridine rings is 1. The molecule has 0 fully saturated rings. The quantitative estimate of drug-likeness (QED) is 0.821. The number of benzene rings is 1. The molecule has 0 bridgehead atoms. The van der Waals surface area contributed by atoms with E-state index in [4.69, 9.17) is 33.7 Å². The van der Waals surface area contributed by atoms with Crippen LogP contribution in [-0.4, -0.2) is 4.98 Å². The molecule has 0 radical (unpaired) electrons. The number of hydrogen-bond acceptors (Lipinski definition) is 3. The van der Waals surface area contributed by atoms with E-state index < -0.39 is 0 Å². The van der Waals surface area contributed by atoms with E-state index in [-0.39, 0.29) is 0 Å². The molecule has 0 atom stereocenters. The summed E-state index contributed by atoms with van der Waals surface area (Å²) in [7, 11) is 0. The van der Waals surface area contributed by atoms with E-state index in [1.54, 1.807) is 30.5 Å². The Balaban J connectivity index is 2.33. The summed E-state index contributed by atoms with van der Waals surface area (Å²) in [5.41, 5.74) is 6.18. The highest BCUT2D eigenvalue weighted by Gasteiger charge is 2.08. The Kier molecular flexibility index (Phi) is 3.76. The second-order valence-electron chi connectivity index (χ2n) is 3.23. The van der Waals surface area contributed by atoms with Gasteiger partial charge in [-0.2, -0.15) is 0 Å². The summed E-state index contributed by atoms with van der Waals surface area (Å²) in [4.78, 5) is 4.01. The Morgan fingerprint density at radius 3 is 2.65 bits per heavy atom. The minimum atomic E-state index is 0.366. The van der Waals surface area contributed by atoms with Crippen LogP contribution in [0, 0.1) is 0 Å². The second kappa shape index (κ2) is 5.12. The summed E-state index contributed by atoms with van der Waals surface area (Å²) < 4.78 is 6.20. The molecular weight excluding hydrogens is 327 g/mol. The first kappa shape index (κ1) is 12.5. The van der Waals surface area contributed by atoms with Gasteiger partial charge in [0.25, 0.3) is 0 Å². The van der Waals surface area contributed by atoms with Gasteiger partial charge < -0.3 is 10.5 Å². The number of nitrogens with zero attached hydrogens (tertiary/aromatic N) is 1. The van der Waals surface area contributed by atoms with Gasteiger partial charge in [-0.1, -0.05) is 23.2 Å². The van der Waals surface area contributed by atoms with E-state index in [9.17, 15) is 0 Å². The van der Waals surface area contributed by atoms with Crippen LogP contribution in [0.4, 0.5) is 5.69 Å². The maximum Gasteiger partial charge on any atom is 0.221 e. The van der Waals surface area contributed by atoms with Crippen molar-refractivity contribution in [2.45, 2.75) is 0 Å². The van der Waals surface area contributed by atoms with E-state index in [2.05, 4.69) is 20.9 Å². The van der Waals surface area contributed by atoms with Crippen LogP contribution < -0.4 is 10.5 Å². The van der Waals surface area contributed by atoms with Crippen molar-refractivity contribution in [3.05, 3.63) is 45.0 Å². The predicted molar refractivity (Wildman–Crippen MR) is 72.9 cm³/mol. The molecule has 0 aliphatic heterocycles. The Labute approximate surface area is 117 Å². The molecule has 0 amide bonds. The van der Waals surface area contributed by atoms with Gasteiger partial charge in [0.05, 0.1) is 10.0 Å². The molecule has 0 saturated carbocycles. The van der Waals surface area contributed by atoms with Gasteiger partial charge in [-0.05, 0) is 28.1 Å². The zero-order valence-corrected chi connectivity index (χ0v) is 11.6. The van der Waals surface area contributed by atoms with Gasteiger partial charge in [0.2, 0.25) is 5.88 Å². The minimum Gasteiger partial charge on any atom is -0.437 e. The second-order valence-corrected chi connectivity index (χ2v) is 4.89. The highest BCUT2D eigenvalue weighted by molar-refractivity contribution is 9.10. The molecule has 0 aliphatic carbocycles. The van der Waals surface area contributed by atoms with Gasteiger partial charge in [0.1, 0.15) is 5.75 Å². The molecule has 17 heavy (non-hydrogen) atoms. The molecule has 1 aromatic heterocycles. The van der Waals surface area contributed by atoms with Crippen molar-refractivity contribution in [1.82, 2.24) is 4.98 Å². The number of nitrogen functional groups attached to an aromatic ring is 1. The summed E-state index contributed by atoms with van der Waals surface area (Å²) in [6, 6.07) is 6.54. The monoisotopic (exact) mass is 332 g/mol. The predicted octanol–water partition coefficient (Wildman–Crippen LogP) is 4.53. The summed E-state index contributed by atoms with van der Waals surface area (Å²) >= 11 is 15.2. The Morgan fingerprint density at radius 2 is 1.94 bits per heavy atom. The SMILES string of the molecule is Nc1ccnc(Oc2cc(Cl)c(Br)cc2Cl)c1. The Hall–Kier alpha value is -0.970. The lowest BCUT2D eigenvalue weighted by Gasteiger charge is -2.08. The lowest BCUT2D eigenvalue weighted by atomic mass is 10.3. The zero-order valence-electron chi connectivity index (χ0n) is 8.45. The maximum atomic E-state index is 6.02. The van der Waals surface area contributed by atoms with E-state index in [0.717, 1.165) is 0 Å². The maximum absolute atomic E-state index is 6.02. The van der Waals surface area contributed by atoms with Crippen LogP contribution in [0.25, 0.3) is 0 Å². The average molecular weight is 334 g/mol. The van der Waals surface area contributed by atoms with Crippen molar-refractivity contribution in [3.8, 4) is 11.6 Å². The number of rotatable bonds is 2. The molecule has 2 rings (SSSR count). The topological polar surface area (TPSA) is 48.1 Å². The number of halogens is 3. The van der Waals surface area contributed by atoms with Gasteiger partial charge in [0.15, 0.2) is 0 Å². The molecule has 2 N–H and O–H groups in total. The van der Waals surface area contributed by atoms with Gasteiger partial charge >= 0.3 is 0 Å². The lowest BCUT2D eigenvalue weighted by Crippen LogP contribution is -1.91. The van der Waals surface area contributed by atoms with Crippen LogP contribution in [-0.2, 0) is 0 Å². The van der Waals surface area contributed by atoms with Crippen molar-refractivity contribution in [3.63, 3.8) is 0 Å². The number of anilines is 1. The molecule has 2 aromatic rings. The van der Waals surface area contributed by atoms with Crippen molar-refractivity contribution < 1.29 is 4.74 Å². The van der Waals surface area contributed by atoms with E-state index in [0.29, 0.717) is 31.8 Å². The smallest absolute Gasteiger partial charge is 0.221 e. The van der Waals surface area contributed by atoms with Crippen LogP contribution in [0.1, 0.15) is 0 Å². The van der Waals surface area contributed by atoms with Gasteiger partial charge in [-0.25, -0.2) is 4.98 Å². The third kappa shape index (κ3) is 3.03. The van der Waals surface area contributed by atoms with E-state index >= 15 is 0 Å². The van der Waals surface area contributed by atoms with Gasteiger partial charge in [0, 0.05) is 28.5 Å². The molecule has 1 aromatic carbocycles. The normalized spacial score (nSPS) is 10.3. The first-order chi connectivity index (χ1) is 8.06. The first-order valence-corrected chi connectivity index (χ1v) is 6.15. The molecule has 1 heterocycles. The third-order valence-electron chi connectivity index (χ3n) is 1.95. The standard InChI is InChI=1S/C11H7BrCl2N2O/c12-7-4-9(14)10(5-8(7)13)17-11-3-6(15)1-2-16-11/h1-5H,(H2,15,16). The van der Waals surface area contributed by atoms with Crippen LogP contribution in [0.2, 0.25) is 10.0 Å². The van der Waals surface area contributed by atoms with Crippen molar-refractivity contribution >= 4 is 44.8 Å². The molecular formula is C11H7BrCl2N2O. The van der Waals surface area contributed by atoms with Gasteiger partial charge in [-0.3, -0.25) is 0 Å². The molecule has 0 saturated heterocycles. The number of hydrogen-bond donors (Lipinski definition) is 1. The summed E-state index contributed by atoms with van der Waals surface area (Å²) in [6.07, 6.45) is 1.55. The molecule has 0 spiro atoms. The average Bonchev–Trinajstić information content (AvgIpc) is 2.26. The van der Waals surface area contributed by atoms with E-state index in [1.165, 1.54) is 0 Å². The minimum absolute atomic E-state index is 0.366. The van der Waals surface area contributed by atoms with Gasteiger partial charge in [-0.15, -0.1) is 0 Å². The number of aromatic nitrogens is 1. The van der Waals surface area contributed by atoms with Crippen LogP contribution >= 0.6 is 39.1 Å². The molecule has 6 heteroatoms. The first-order valence-electron chi connectivity index (χ1n) is 4.60. The van der Waals surface area contributed by atoms with Crippen LogP contribution in [0.5, 0.6) is 11.6 Å². The third-order valence-corrected chi connectivity index (χ3v) is 3.44. The van der Waals surface area contributed by atoms with Crippen molar-refractivity contribution in [2.75, 3.05) is 5.73 Å². The summed E-state index contributed by atoms with van der Waals surface area (Å²) in [6.45, 7) is 0. The molecule has 3 nitrogen and oxygen atoms in total. The number of ether oxygens (including phenoxy) is 1. The van der Waals surface area contributed by atoms with Crippen molar-refractivity contribution in [2.24, 2.45) is 0 Å².